The van der Waals surface area contributed by atoms with Crippen LogP contribution in [0.25, 0.3) is 0 Å². The zero-order valence-electron chi connectivity index (χ0n) is 15.6. The van der Waals surface area contributed by atoms with Gasteiger partial charge in [0.25, 0.3) is 5.91 Å². The number of hydrogen-bond donors (Lipinski definition) is 2. The summed E-state index contributed by atoms with van der Waals surface area (Å²) in [5.41, 5.74) is 2.68. The summed E-state index contributed by atoms with van der Waals surface area (Å²) < 4.78 is 0. The fourth-order valence-electron chi connectivity index (χ4n) is 2.82. The SMILES string of the molecule is Cc1ccccc1C(C)(C)CNC(=O)c1ccccc1SC(C)C(=O)O. The van der Waals surface area contributed by atoms with E-state index in [0.29, 0.717) is 17.0 Å². The van der Waals surface area contributed by atoms with Crippen molar-refractivity contribution in [3.05, 3.63) is 65.2 Å². The second-order valence-corrected chi connectivity index (χ2v) is 8.36. The molecular weight excluding hydrogens is 346 g/mol. The van der Waals surface area contributed by atoms with Crippen LogP contribution in [0.1, 0.15) is 42.3 Å². The van der Waals surface area contributed by atoms with E-state index < -0.39 is 11.2 Å². The molecule has 0 aliphatic heterocycles. The van der Waals surface area contributed by atoms with E-state index >= 15 is 0 Å². The first-order valence-electron chi connectivity index (χ1n) is 8.55. The van der Waals surface area contributed by atoms with Gasteiger partial charge in [-0.3, -0.25) is 9.59 Å². The topological polar surface area (TPSA) is 66.4 Å². The summed E-state index contributed by atoms with van der Waals surface area (Å²) in [6.07, 6.45) is 0. The van der Waals surface area contributed by atoms with Crippen molar-refractivity contribution in [2.75, 3.05) is 6.54 Å². The maximum absolute atomic E-state index is 12.7. The molecule has 0 saturated carbocycles. The van der Waals surface area contributed by atoms with Crippen LogP contribution in [0.2, 0.25) is 0 Å². The average molecular weight is 372 g/mol. The van der Waals surface area contributed by atoms with Crippen LogP contribution in [-0.2, 0) is 10.2 Å². The molecule has 0 fully saturated rings. The van der Waals surface area contributed by atoms with Crippen molar-refractivity contribution in [3.8, 4) is 0 Å². The van der Waals surface area contributed by atoms with Gasteiger partial charge in [0, 0.05) is 16.9 Å². The molecule has 1 amide bonds. The van der Waals surface area contributed by atoms with Crippen molar-refractivity contribution in [2.45, 2.75) is 43.3 Å². The Balaban J connectivity index is 2.13. The predicted octanol–water partition coefficient (Wildman–Crippen LogP) is 4.27. The smallest absolute Gasteiger partial charge is 0.316 e. The zero-order chi connectivity index (χ0) is 19.3. The fourth-order valence-corrected chi connectivity index (χ4v) is 3.75. The van der Waals surface area contributed by atoms with E-state index in [0.717, 1.165) is 0 Å². The van der Waals surface area contributed by atoms with E-state index in [9.17, 15) is 9.59 Å². The molecule has 0 saturated heterocycles. The molecule has 0 radical (unpaired) electrons. The van der Waals surface area contributed by atoms with Crippen molar-refractivity contribution in [1.82, 2.24) is 5.32 Å². The first-order chi connectivity index (χ1) is 12.2. The first kappa shape index (κ1) is 20.0. The first-order valence-corrected chi connectivity index (χ1v) is 9.43. The van der Waals surface area contributed by atoms with Gasteiger partial charge in [0.2, 0.25) is 0 Å². The molecular formula is C21H25NO3S. The van der Waals surface area contributed by atoms with Crippen LogP contribution in [0.3, 0.4) is 0 Å². The Morgan fingerprint density at radius 3 is 2.38 bits per heavy atom. The van der Waals surface area contributed by atoms with Gasteiger partial charge in [-0.1, -0.05) is 50.2 Å². The number of carboxylic acids is 1. The number of aliphatic carboxylic acids is 1. The largest absolute Gasteiger partial charge is 0.480 e. The summed E-state index contributed by atoms with van der Waals surface area (Å²) in [5.74, 6) is -1.08. The number of rotatable bonds is 7. The van der Waals surface area contributed by atoms with Gasteiger partial charge >= 0.3 is 5.97 Å². The van der Waals surface area contributed by atoms with Crippen LogP contribution in [0.15, 0.2) is 53.4 Å². The normalized spacial score (nSPS) is 12.5. The molecule has 1 atom stereocenters. The molecule has 138 valence electrons. The summed E-state index contributed by atoms with van der Waals surface area (Å²) in [6, 6.07) is 15.3. The Morgan fingerprint density at radius 1 is 1.12 bits per heavy atom. The second-order valence-electron chi connectivity index (χ2n) is 6.98. The van der Waals surface area contributed by atoms with Crippen molar-refractivity contribution < 1.29 is 14.7 Å². The van der Waals surface area contributed by atoms with E-state index in [1.54, 1.807) is 25.1 Å². The number of carboxylic acid groups (broad SMARTS) is 1. The number of carbonyl (C=O) groups is 2. The molecule has 2 rings (SSSR count). The fraction of sp³-hybridized carbons (Fsp3) is 0.333. The predicted molar refractivity (Wildman–Crippen MR) is 106 cm³/mol. The van der Waals surface area contributed by atoms with Gasteiger partial charge in [-0.05, 0) is 37.1 Å². The van der Waals surface area contributed by atoms with E-state index in [-0.39, 0.29) is 11.3 Å². The zero-order valence-corrected chi connectivity index (χ0v) is 16.4. The number of nitrogens with one attached hydrogen (secondary N) is 1. The maximum atomic E-state index is 12.7. The van der Waals surface area contributed by atoms with Gasteiger partial charge in [-0.15, -0.1) is 11.8 Å². The molecule has 0 bridgehead atoms. The number of carbonyl (C=O) groups excluding carboxylic acids is 1. The highest BCUT2D eigenvalue weighted by Crippen LogP contribution is 2.28. The molecule has 1 unspecified atom stereocenters. The van der Waals surface area contributed by atoms with Crippen LogP contribution in [0.4, 0.5) is 0 Å². The Kier molecular flexibility index (Phi) is 6.48. The van der Waals surface area contributed by atoms with Crippen LogP contribution in [0, 0.1) is 6.92 Å². The molecule has 2 aromatic rings. The molecule has 0 aliphatic rings. The molecule has 0 aliphatic carbocycles. The summed E-state index contributed by atoms with van der Waals surface area (Å²) in [4.78, 5) is 24.5. The van der Waals surface area contributed by atoms with Crippen LogP contribution in [0.5, 0.6) is 0 Å². The Labute approximate surface area is 159 Å². The monoisotopic (exact) mass is 371 g/mol. The number of amides is 1. The summed E-state index contributed by atoms with van der Waals surface area (Å²) >= 11 is 1.18. The minimum absolute atomic E-state index is 0.188. The Morgan fingerprint density at radius 2 is 1.73 bits per heavy atom. The standard InChI is InChI=1S/C21H25NO3S/c1-14-9-5-7-11-17(14)21(3,4)13-22-19(23)16-10-6-8-12-18(16)26-15(2)20(24)25/h5-12,15H,13H2,1-4H3,(H,22,23)(H,24,25). The highest BCUT2D eigenvalue weighted by atomic mass is 32.2. The van der Waals surface area contributed by atoms with Gasteiger partial charge in [0.05, 0.1) is 5.56 Å². The van der Waals surface area contributed by atoms with Gasteiger partial charge in [-0.2, -0.15) is 0 Å². The minimum atomic E-state index is -0.897. The van der Waals surface area contributed by atoms with E-state index in [4.69, 9.17) is 5.11 Å². The lowest BCUT2D eigenvalue weighted by Crippen LogP contribution is -2.37. The van der Waals surface area contributed by atoms with Gasteiger partial charge in [0.1, 0.15) is 5.25 Å². The van der Waals surface area contributed by atoms with Crippen molar-refractivity contribution in [3.63, 3.8) is 0 Å². The molecule has 2 N–H and O–H groups in total. The number of hydrogen-bond acceptors (Lipinski definition) is 3. The third-order valence-electron chi connectivity index (χ3n) is 4.35. The molecule has 5 heteroatoms. The van der Waals surface area contributed by atoms with Crippen LogP contribution >= 0.6 is 11.8 Å². The van der Waals surface area contributed by atoms with Crippen LogP contribution in [-0.4, -0.2) is 28.8 Å². The second kappa shape index (κ2) is 8.41. The quantitative estimate of drug-likeness (QED) is 0.714. The van der Waals surface area contributed by atoms with Crippen LogP contribution < -0.4 is 5.32 Å². The van der Waals surface area contributed by atoms with Crippen molar-refractivity contribution in [2.24, 2.45) is 0 Å². The molecule has 0 spiro atoms. The lowest BCUT2D eigenvalue weighted by molar-refractivity contribution is -0.136. The highest BCUT2D eigenvalue weighted by Gasteiger charge is 2.24. The number of thioether (sulfide) groups is 1. The summed E-state index contributed by atoms with van der Waals surface area (Å²) in [6.45, 7) is 8.37. The molecule has 4 nitrogen and oxygen atoms in total. The summed E-state index contributed by atoms with van der Waals surface area (Å²) in [7, 11) is 0. The van der Waals surface area contributed by atoms with Gasteiger partial charge in [-0.25, -0.2) is 0 Å². The van der Waals surface area contributed by atoms with E-state index in [1.807, 2.05) is 18.2 Å². The molecule has 26 heavy (non-hydrogen) atoms. The third-order valence-corrected chi connectivity index (χ3v) is 5.51. The molecule has 2 aromatic carbocycles. The molecule has 0 aromatic heterocycles. The van der Waals surface area contributed by atoms with Crippen molar-refractivity contribution in [1.29, 1.82) is 0 Å². The number of aryl methyl sites for hydroxylation is 1. The lowest BCUT2D eigenvalue weighted by atomic mass is 9.82. The number of benzene rings is 2. The third kappa shape index (κ3) is 4.88. The highest BCUT2D eigenvalue weighted by molar-refractivity contribution is 8.00. The average Bonchev–Trinajstić information content (AvgIpc) is 2.60. The minimum Gasteiger partial charge on any atom is -0.480 e. The van der Waals surface area contributed by atoms with E-state index in [2.05, 4.69) is 38.2 Å². The maximum Gasteiger partial charge on any atom is 0.316 e. The summed E-state index contributed by atoms with van der Waals surface area (Å²) in [5, 5.41) is 11.5. The lowest BCUT2D eigenvalue weighted by Gasteiger charge is -2.27. The Bertz CT molecular complexity index is 801. The van der Waals surface area contributed by atoms with Gasteiger partial charge in [0.15, 0.2) is 0 Å². The Hall–Kier alpha value is -2.27. The van der Waals surface area contributed by atoms with Crippen molar-refractivity contribution >= 4 is 23.6 Å². The van der Waals surface area contributed by atoms with Gasteiger partial charge < -0.3 is 10.4 Å². The molecule has 0 heterocycles. The van der Waals surface area contributed by atoms with E-state index in [1.165, 1.54) is 22.9 Å².